The first-order chi connectivity index (χ1) is 21.9. The first kappa shape index (κ1) is 31.6. The molecule has 1 aliphatic carbocycles. The lowest BCUT2D eigenvalue weighted by molar-refractivity contribution is -0.141. The molecule has 0 atom stereocenters. The number of carbonyl (C=O) groups is 2. The molecule has 0 aliphatic heterocycles. The van der Waals surface area contributed by atoms with Crippen molar-refractivity contribution < 1.29 is 19.3 Å². The maximum atomic E-state index is 11.8. The number of hydrogen-bond donors (Lipinski definition) is 0. The van der Waals surface area contributed by atoms with Crippen molar-refractivity contribution >= 4 is 23.4 Å². The molecule has 0 aromatic heterocycles. The van der Waals surface area contributed by atoms with Crippen molar-refractivity contribution in [3.63, 3.8) is 0 Å². The fourth-order valence-electron chi connectivity index (χ4n) is 6.37. The molecule has 0 radical (unpaired) electrons. The van der Waals surface area contributed by atoms with Gasteiger partial charge in [0, 0.05) is 41.5 Å². The average Bonchev–Trinajstić information content (AvgIpc) is 3.32. The van der Waals surface area contributed by atoms with Gasteiger partial charge in [0.05, 0.1) is 0 Å². The third kappa shape index (κ3) is 6.80. The van der Waals surface area contributed by atoms with Crippen molar-refractivity contribution in [2.24, 2.45) is 10.3 Å². The second kappa shape index (κ2) is 14.3. The number of unbranched alkanes of at least 4 members (excludes halogenated alkanes) is 2. The predicted octanol–water partition coefficient (Wildman–Crippen LogP) is 8.96. The minimum Gasteiger partial charge on any atom is -0.318 e. The van der Waals surface area contributed by atoms with Crippen LogP contribution >= 0.6 is 0 Å². The zero-order chi connectivity index (χ0) is 31.8. The Morgan fingerprint density at radius 3 is 1.33 bits per heavy atom. The first-order valence-electron chi connectivity index (χ1n) is 15.8. The van der Waals surface area contributed by atoms with Gasteiger partial charge in [0.25, 0.3) is 0 Å². The van der Waals surface area contributed by atoms with Gasteiger partial charge in [-0.1, -0.05) is 135 Å². The van der Waals surface area contributed by atoms with Crippen molar-refractivity contribution in [1.29, 1.82) is 0 Å². The molecule has 0 unspecified atom stereocenters. The summed E-state index contributed by atoms with van der Waals surface area (Å²) in [6, 6.07) is 32.7. The lowest BCUT2D eigenvalue weighted by Crippen LogP contribution is -2.26. The predicted molar refractivity (Wildman–Crippen MR) is 179 cm³/mol. The fraction of sp³-hybridized carbons (Fsp3) is 0.282. The highest BCUT2D eigenvalue weighted by molar-refractivity contribution is 6.14. The van der Waals surface area contributed by atoms with Gasteiger partial charge in [-0.15, -0.1) is 0 Å². The van der Waals surface area contributed by atoms with Crippen molar-refractivity contribution in [1.82, 2.24) is 0 Å². The summed E-state index contributed by atoms with van der Waals surface area (Å²) in [7, 11) is 0. The molecule has 45 heavy (non-hydrogen) atoms. The normalized spacial score (nSPS) is 13.6. The van der Waals surface area contributed by atoms with E-state index in [0.717, 1.165) is 60.8 Å². The van der Waals surface area contributed by atoms with E-state index >= 15 is 0 Å². The van der Waals surface area contributed by atoms with Gasteiger partial charge in [0.15, 0.2) is 0 Å². The summed E-state index contributed by atoms with van der Waals surface area (Å²) < 4.78 is 0. The standard InChI is InChI=1S/C39H40N2O4/c1-5-7-23-39(24-8-6-2)35-25-31(37(40-44-27(3)42)29-15-11-9-12-16-29)19-21-33(35)34-22-20-32(26-36(34)39)38(41-45-28(4)43)30-17-13-10-14-18-30/h9-22,25-26H,5-8,23-24H2,1-4H3/b40-37+,41-38+. The molecule has 0 saturated carbocycles. The molecule has 230 valence electrons. The number of rotatable bonds is 12. The highest BCUT2D eigenvalue weighted by Crippen LogP contribution is 2.54. The van der Waals surface area contributed by atoms with Crippen molar-refractivity contribution in [3.05, 3.63) is 130 Å². The summed E-state index contributed by atoms with van der Waals surface area (Å²) >= 11 is 0. The number of benzene rings is 4. The maximum Gasteiger partial charge on any atom is 0.332 e. The molecule has 0 N–H and O–H groups in total. The van der Waals surface area contributed by atoms with Gasteiger partial charge in [0.1, 0.15) is 11.4 Å². The van der Waals surface area contributed by atoms with Crippen LogP contribution in [0.3, 0.4) is 0 Å². The summed E-state index contributed by atoms with van der Waals surface area (Å²) in [4.78, 5) is 34.0. The maximum absolute atomic E-state index is 11.8. The van der Waals surface area contributed by atoms with Crippen LogP contribution in [0.4, 0.5) is 0 Å². The van der Waals surface area contributed by atoms with Gasteiger partial charge in [-0.05, 0) is 47.2 Å². The topological polar surface area (TPSA) is 77.3 Å². The van der Waals surface area contributed by atoms with Gasteiger partial charge in [-0.3, -0.25) is 0 Å². The molecule has 6 nitrogen and oxygen atoms in total. The second-order valence-electron chi connectivity index (χ2n) is 11.6. The molecule has 0 saturated heterocycles. The zero-order valence-electron chi connectivity index (χ0n) is 26.5. The number of fused-ring (bicyclic) bond motifs is 3. The first-order valence-corrected chi connectivity index (χ1v) is 15.8. The van der Waals surface area contributed by atoms with E-state index in [4.69, 9.17) is 9.68 Å². The second-order valence-corrected chi connectivity index (χ2v) is 11.6. The molecule has 4 aromatic rings. The van der Waals surface area contributed by atoms with Crippen LogP contribution in [0.5, 0.6) is 0 Å². The lowest BCUT2D eigenvalue weighted by Gasteiger charge is -2.33. The van der Waals surface area contributed by atoms with Gasteiger partial charge in [0.2, 0.25) is 0 Å². The van der Waals surface area contributed by atoms with E-state index in [-0.39, 0.29) is 5.41 Å². The van der Waals surface area contributed by atoms with E-state index in [1.54, 1.807) is 0 Å². The van der Waals surface area contributed by atoms with Crippen LogP contribution in [-0.2, 0) is 24.7 Å². The van der Waals surface area contributed by atoms with Crippen LogP contribution in [0.25, 0.3) is 11.1 Å². The van der Waals surface area contributed by atoms with Crippen LogP contribution in [0, 0.1) is 0 Å². The summed E-state index contributed by atoms with van der Waals surface area (Å²) in [5.41, 5.74) is 9.45. The summed E-state index contributed by atoms with van der Waals surface area (Å²) in [5, 5.41) is 8.65. The number of hydrogen-bond acceptors (Lipinski definition) is 6. The Bertz CT molecular complexity index is 1600. The summed E-state index contributed by atoms with van der Waals surface area (Å²) in [6.07, 6.45) is 6.25. The number of carbonyl (C=O) groups excluding carboxylic acids is 2. The van der Waals surface area contributed by atoms with E-state index in [2.05, 4.69) is 60.6 Å². The molecule has 6 heteroatoms. The van der Waals surface area contributed by atoms with Crippen LogP contribution in [0.2, 0.25) is 0 Å². The van der Waals surface area contributed by atoms with Crippen LogP contribution < -0.4 is 0 Å². The SMILES string of the molecule is CCCCC1(CCCC)c2cc(/C(=N/OC(C)=O)c3ccccc3)ccc2-c2ccc(/C(=N/OC(C)=O)c3ccccc3)cc21. The van der Waals surface area contributed by atoms with Gasteiger partial charge < -0.3 is 9.68 Å². The number of oxime groups is 2. The van der Waals surface area contributed by atoms with Crippen molar-refractivity contribution in [2.45, 2.75) is 71.6 Å². The largest absolute Gasteiger partial charge is 0.332 e. The van der Waals surface area contributed by atoms with E-state index < -0.39 is 11.9 Å². The van der Waals surface area contributed by atoms with E-state index in [1.165, 1.54) is 36.1 Å². The minimum atomic E-state index is -0.464. The Balaban J connectivity index is 1.72. The molecule has 0 fully saturated rings. The van der Waals surface area contributed by atoms with Gasteiger partial charge in [-0.2, -0.15) is 0 Å². The van der Waals surface area contributed by atoms with E-state index in [9.17, 15) is 9.59 Å². The molecule has 0 bridgehead atoms. The van der Waals surface area contributed by atoms with Crippen LogP contribution in [0.15, 0.2) is 107 Å². The molecular weight excluding hydrogens is 560 g/mol. The minimum absolute atomic E-state index is 0.241. The Hall–Kier alpha value is -4.84. The summed E-state index contributed by atoms with van der Waals surface area (Å²) in [6.45, 7) is 7.18. The molecule has 4 aromatic carbocycles. The Morgan fingerprint density at radius 1 is 0.578 bits per heavy atom. The number of nitrogens with zero attached hydrogens (tertiary/aromatic N) is 2. The lowest BCUT2D eigenvalue weighted by atomic mass is 9.70. The third-order valence-electron chi connectivity index (χ3n) is 8.45. The molecule has 1 aliphatic rings. The molecule has 0 heterocycles. The van der Waals surface area contributed by atoms with Gasteiger partial charge >= 0.3 is 11.9 Å². The fourth-order valence-corrected chi connectivity index (χ4v) is 6.37. The Labute approximate surface area is 265 Å². The van der Waals surface area contributed by atoms with Crippen molar-refractivity contribution in [3.8, 4) is 11.1 Å². The quantitative estimate of drug-likeness (QED) is 0.0924. The highest BCUT2D eigenvalue weighted by atomic mass is 16.7. The van der Waals surface area contributed by atoms with Gasteiger partial charge in [-0.25, -0.2) is 9.59 Å². The van der Waals surface area contributed by atoms with Crippen molar-refractivity contribution in [2.75, 3.05) is 0 Å². The van der Waals surface area contributed by atoms with E-state index in [1.807, 2.05) is 60.7 Å². The van der Waals surface area contributed by atoms with Crippen LogP contribution in [0.1, 0.15) is 99.6 Å². The average molecular weight is 601 g/mol. The highest BCUT2D eigenvalue weighted by Gasteiger charge is 2.42. The Morgan fingerprint density at radius 2 is 0.978 bits per heavy atom. The smallest absolute Gasteiger partial charge is 0.318 e. The Kier molecular flexibility index (Phi) is 10.0. The molecular formula is C39H40N2O4. The van der Waals surface area contributed by atoms with Crippen LogP contribution in [-0.4, -0.2) is 23.4 Å². The molecule has 5 rings (SSSR count). The monoisotopic (exact) mass is 600 g/mol. The van der Waals surface area contributed by atoms with E-state index in [0.29, 0.717) is 11.4 Å². The molecule has 0 spiro atoms. The summed E-state index contributed by atoms with van der Waals surface area (Å²) in [5.74, 6) is -0.927. The zero-order valence-corrected chi connectivity index (χ0v) is 26.5. The molecule has 0 amide bonds. The third-order valence-corrected chi connectivity index (χ3v) is 8.45.